The van der Waals surface area contributed by atoms with Gasteiger partial charge in [0.1, 0.15) is 0 Å². The normalized spacial score (nSPS) is 17.5. The third-order valence-electron chi connectivity index (χ3n) is 10.7. The van der Waals surface area contributed by atoms with E-state index < -0.39 is 15.9 Å². The van der Waals surface area contributed by atoms with E-state index in [1.165, 1.54) is 80.4 Å². The molecule has 0 aliphatic heterocycles. The molecule has 0 radical (unpaired) electrons. The van der Waals surface area contributed by atoms with E-state index in [2.05, 4.69) is 161 Å². The molecule has 8 rings (SSSR count). The summed E-state index contributed by atoms with van der Waals surface area (Å²) < 4.78 is 1.16. The Labute approximate surface area is 279 Å². The SMILES string of the molecule is CC1=Cc2c(-c3ccc4ccccc4c3)cccc2[CH]1[Zr]([Cl])([Cl])(=[C](C)C)[CH]1C(C)=Cc2c(-c3ccc4ccccc4c3)cccc21. The molecular formula is C43H36Cl2Zr. The topological polar surface area (TPSA) is 0 Å². The molecule has 46 heavy (non-hydrogen) atoms. The molecule has 0 heterocycles. The fourth-order valence-corrected chi connectivity index (χ4v) is 27.5. The molecule has 6 aromatic carbocycles. The van der Waals surface area contributed by atoms with E-state index in [9.17, 15) is 0 Å². The zero-order chi connectivity index (χ0) is 31.8. The van der Waals surface area contributed by atoms with Crippen LogP contribution in [0.1, 0.15) is 57.2 Å². The van der Waals surface area contributed by atoms with Crippen molar-refractivity contribution in [1.29, 1.82) is 0 Å². The van der Waals surface area contributed by atoms with Crippen LogP contribution in [0.5, 0.6) is 0 Å². The van der Waals surface area contributed by atoms with Crippen molar-refractivity contribution in [2.24, 2.45) is 0 Å². The standard InChI is InChI=1S/2C20H15.C3H6.2ClH.Zr/c2*1-14-11-17-7-4-8-19(20(17)12-14)18-10-9-15-5-2-3-6-16(15)13-18;1-3-2;;;/h2*2-13H,1H3;1-2H3;2*1H;/q;;;;;+2/p-2. The zero-order valence-electron chi connectivity index (χ0n) is 26.6. The molecule has 3 heteroatoms. The third-order valence-corrected chi connectivity index (χ3v) is 34.0. The minimum atomic E-state index is -4.97. The molecule has 0 bridgehead atoms. The van der Waals surface area contributed by atoms with Crippen molar-refractivity contribution in [2.45, 2.75) is 34.9 Å². The van der Waals surface area contributed by atoms with Crippen LogP contribution in [0.2, 0.25) is 0 Å². The van der Waals surface area contributed by atoms with E-state index in [1.54, 1.807) is 0 Å². The van der Waals surface area contributed by atoms with Gasteiger partial charge in [-0.05, 0) is 0 Å². The fourth-order valence-electron chi connectivity index (χ4n) is 8.47. The van der Waals surface area contributed by atoms with Gasteiger partial charge in [0, 0.05) is 0 Å². The zero-order valence-corrected chi connectivity index (χ0v) is 30.6. The number of rotatable bonds is 4. The van der Waals surface area contributed by atoms with E-state index >= 15 is 0 Å². The van der Waals surface area contributed by atoms with Crippen LogP contribution in [0.15, 0.2) is 132 Å². The van der Waals surface area contributed by atoms with Gasteiger partial charge in [0.05, 0.1) is 0 Å². The Morgan fingerprint density at radius 2 is 0.913 bits per heavy atom. The second-order valence-corrected chi connectivity index (χ2v) is 35.3. The second kappa shape index (κ2) is 10.8. The van der Waals surface area contributed by atoms with Crippen LogP contribution >= 0.6 is 17.0 Å². The molecule has 2 unspecified atom stereocenters. The predicted octanol–water partition coefficient (Wildman–Crippen LogP) is 13.2. The third kappa shape index (κ3) is 4.39. The molecule has 2 aliphatic carbocycles. The van der Waals surface area contributed by atoms with E-state index in [1.807, 2.05) is 0 Å². The summed E-state index contributed by atoms with van der Waals surface area (Å²) in [6, 6.07) is 44.1. The van der Waals surface area contributed by atoms with Crippen LogP contribution < -0.4 is 0 Å². The maximum absolute atomic E-state index is 8.40. The Balaban J connectivity index is 1.29. The molecule has 2 aliphatic rings. The number of fused-ring (bicyclic) bond motifs is 4. The quantitative estimate of drug-likeness (QED) is 0.171. The number of halogens is 2. The second-order valence-electron chi connectivity index (χ2n) is 13.5. The van der Waals surface area contributed by atoms with Crippen molar-refractivity contribution in [3.8, 4) is 22.3 Å². The van der Waals surface area contributed by atoms with Gasteiger partial charge in [-0.2, -0.15) is 0 Å². The van der Waals surface area contributed by atoms with Crippen molar-refractivity contribution < 1.29 is 15.9 Å². The van der Waals surface area contributed by atoms with Gasteiger partial charge in [-0.3, -0.25) is 0 Å². The summed E-state index contributed by atoms with van der Waals surface area (Å²) in [5.41, 5.74) is 12.5. The van der Waals surface area contributed by atoms with Crippen LogP contribution in [0.25, 0.3) is 56.0 Å². The van der Waals surface area contributed by atoms with Gasteiger partial charge in [-0.15, -0.1) is 0 Å². The summed E-state index contributed by atoms with van der Waals surface area (Å²) in [6.45, 7) is 8.89. The molecule has 0 spiro atoms. The molecule has 0 fully saturated rings. The number of allylic oxidation sites excluding steroid dienone is 2. The molecule has 0 nitrogen and oxygen atoms in total. The summed E-state index contributed by atoms with van der Waals surface area (Å²) in [5.74, 6) is 0. The molecular weight excluding hydrogens is 679 g/mol. The van der Waals surface area contributed by atoms with E-state index in [0.717, 1.165) is 0 Å². The molecule has 0 saturated carbocycles. The molecule has 2 atom stereocenters. The Morgan fingerprint density at radius 1 is 0.500 bits per heavy atom. The first-order chi connectivity index (χ1) is 22.1. The van der Waals surface area contributed by atoms with Gasteiger partial charge in [0.25, 0.3) is 0 Å². The summed E-state index contributed by atoms with van der Waals surface area (Å²) in [6.07, 6.45) is 4.73. The number of benzene rings is 6. The van der Waals surface area contributed by atoms with Gasteiger partial charge in [-0.25, -0.2) is 0 Å². The first-order valence-corrected chi connectivity index (χ1v) is 26.5. The van der Waals surface area contributed by atoms with Gasteiger partial charge in [0.2, 0.25) is 0 Å². The van der Waals surface area contributed by atoms with Gasteiger partial charge < -0.3 is 0 Å². The van der Waals surface area contributed by atoms with Crippen LogP contribution in [-0.2, 0) is 15.9 Å². The summed E-state index contributed by atoms with van der Waals surface area (Å²) >= 11 is -4.97. The number of hydrogen-bond donors (Lipinski definition) is 0. The fraction of sp³-hybridized carbons (Fsp3) is 0.140. The van der Waals surface area contributed by atoms with Crippen molar-refractivity contribution >= 4 is 53.9 Å². The van der Waals surface area contributed by atoms with E-state index in [-0.39, 0.29) is 7.25 Å². The molecule has 0 aromatic heterocycles. The van der Waals surface area contributed by atoms with Crippen molar-refractivity contribution in [1.82, 2.24) is 0 Å². The van der Waals surface area contributed by atoms with E-state index in [4.69, 9.17) is 17.0 Å². The molecule has 6 aromatic rings. The van der Waals surface area contributed by atoms with Gasteiger partial charge in [-0.1, -0.05) is 0 Å². The first kappa shape index (κ1) is 30.0. The van der Waals surface area contributed by atoms with Crippen LogP contribution in [0, 0.1) is 0 Å². The van der Waals surface area contributed by atoms with Gasteiger partial charge in [0.15, 0.2) is 0 Å². The van der Waals surface area contributed by atoms with Crippen LogP contribution in [0.3, 0.4) is 0 Å². The average Bonchev–Trinajstić information content (AvgIpc) is 3.60. The molecule has 0 amide bonds. The Bertz CT molecular complexity index is 2220. The van der Waals surface area contributed by atoms with Crippen molar-refractivity contribution in [2.75, 3.05) is 0 Å². The first-order valence-electron chi connectivity index (χ1n) is 16.1. The van der Waals surface area contributed by atoms with Crippen LogP contribution in [-0.4, -0.2) is 3.21 Å². The minimum absolute atomic E-state index is 0.0196. The molecule has 0 N–H and O–H groups in total. The maximum atomic E-state index is 8.40. The van der Waals surface area contributed by atoms with Gasteiger partial charge >= 0.3 is 282 Å². The predicted molar refractivity (Wildman–Crippen MR) is 200 cm³/mol. The Hall–Kier alpha value is -3.35. The van der Waals surface area contributed by atoms with Crippen molar-refractivity contribution in [3.05, 3.63) is 155 Å². The molecule has 226 valence electrons. The summed E-state index contributed by atoms with van der Waals surface area (Å²) in [5, 5.41) is 4.99. The van der Waals surface area contributed by atoms with Crippen molar-refractivity contribution in [3.63, 3.8) is 0 Å². The number of hydrogen-bond acceptors (Lipinski definition) is 0. The van der Waals surface area contributed by atoms with E-state index in [0.29, 0.717) is 0 Å². The Morgan fingerprint density at radius 3 is 1.33 bits per heavy atom. The summed E-state index contributed by atoms with van der Waals surface area (Å²) in [7, 11) is 16.8. The monoisotopic (exact) mass is 712 g/mol. The summed E-state index contributed by atoms with van der Waals surface area (Å²) in [4.78, 5) is 0. The molecule has 0 saturated heterocycles. The van der Waals surface area contributed by atoms with Crippen LogP contribution in [0.4, 0.5) is 0 Å². The Kier molecular flexibility index (Phi) is 7.08. The average molecular weight is 715 g/mol.